The van der Waals surface area contributed by atoms with Crippen molar-refractivity contribution in [3.05, 3.63) is 0 Å². The smallest absolute Gasteiger partial charge is 0.0812 e. The van der Waals surface area contributed by atoms with Crippen LogP contribution in [0.2, 0.25) is 0 Å². The second kappa shape index (κ2) is 5.13. The summed E-state index contributed by atoms with van der Waals surface area (Å²) in [6, 6.07) is 0. The Morgan fingerprint density at radius 3 is 2.71 bits per heavy atom. The van der Waals surface area contributed by atoms with Gasteiger partial charge in [0.1, 0.15) is 0 Å². The van der Waals surface area contributed by atoms with Crippen molar-refractivity contribution in [1.29, 1.82) is 0 Å². The largest absolute Gasteiger partial charge is 0.371 e. The molecule has 0 radical (unpaired) electrons. The van der Waals surface area contributed by atoms with Crippen LogP contribution in [0, 0.1) is 5.92 Å². The standard InChI is InChI=1S/C12H25NO/c1-10(2)14-12(9-13-4)7-5-6-11(3)8-12/h10-11,13H,5-9H2,1-4H3. The predicted molar refractivity (Wildman–Crippen MR) is 60.5 cm³/mol. The maximum absolute atomic E-state index is 6.13. The van der Waals surface area contributed by atoms with Gasteiger partial charge in [0, 0.05) is 6.54 Å². The highest BCUT2D eigenvalue weighted by molar-refractivity contribution is 4.89. The van der Waals surface area contributed by atoms with Gasteiger partial charge in [0.2, 0.25) is 0 Å². The Morgan fingerprint density at radius 1 is 1.50 bits per heavy atom. The number of hydrogen-bond acceptors (Lipinski definition) is 2. The van der Waals surface area contributed by atoms with Crippen molar-refractivity contribution in [2.24, 2.45) is 5.92 Å². The summed E-state index contributed by atoms with van der Waals surface area (Å²) in [4.78, 5) is 0. The fraction of sp³-hybridized carbons (Fsp3) is 1.00. The maximum Gasteiger partial charge on any atom is 0.0812 e. The Kier molecular flexibility index (Phi) is 4.39. The molecule has 1 N–H and O–H groups in total. The number of nitrogens with one attached hydrogen (secondary N) is 1. The Bertz CT molecular complexity index is 162. The fourth-order valence-electron chi connectivity index (χ4n) is 2.74. The van der Waals surface area contributed by atoms with E-state index in [2.05, 4.69) is 26.1 Å². The van der Waals surface area contributed by atoms with Crippen molar-refractivity contribution in [3.63, 3.8) is 0 Å². The molecule has 0 spiro atoms. The lowest BCUT2D eigenvalue weighted by atomic mass is 9.78. The molecule has 1 aliphatic carbocycles. The van der Waals surface area contributed by atoms with E-state index in [0.29, 0.717) is 6.10 Å². The van der Waals surface area contributed by atoms with Crippen molar-refractivity contribution in [2.45, 2.75) is 58.2 Å². The highest BCUT2D eigenvalue weighted by Gasteiger charge is 2.35. The number of ether oxygens (including phenoxy) is 1. The molecule has 0 aromatic rings. The van der Waals surface area contributed by atoms with Crippen LogP contribution >= 0.6 is 0 Å². The molecule has 0 bridgehead atoms. The molecule has 2 atom stereocenters. The van der Waals surface area contributed by atoms with Gasteiger partial charge in [0.15, 0.2) is 0 Å². The van der Waals surface area contributed by atoms with Crippen molar-refractivity contribution >= 4 is 0 Å². The summed E-state index contributed by atoms with van der Waals surface area (Å²) < 4.78 is 6.13. The van der Waals surface area contributed by atoms with Crippen LogP contribution in [0.1, 0.15) is 46.5 Å². The van der Waals surface area contributed by atoms with Crippen molar-refractivity contribution in [2.75, 3.05) is 13.6 Å². The molecule has 2 unspecified atom stereocenters. The summed E-state index contributed by atoms with van der Waals surface area (Å²) in [6.07, 6.45) is 5.46. The van der Waals surface area contributed by atoms with Gasteiger partial charge >= 0.3 is 0 Å². The quantitative estimate of drug-likeness (QED) is 0.751. The molecule has 1 fully saturated rings. The third-order valence-corrected chi connectivity index (χ3v) is 3.03. The molecule has 0 aliphatic heterocycles. The molecule has 0 saturated heterocycles. The third-order valence-electron chi connectivity index (χ3n) is 3.03. The second-order valence-electron chi connectivity index (χ2n) is 5.08. The van der Waals surface area contributed by atoms with E-state index in [1.807, 2.05) is 7.05 Å². The van der Waals surface area contributed by atoms with E-state index in [9.17, 15) is 0 Å². The van der Waals surface area contributed by atoms with Crippen LogP contribution in [-0.4, -0.2) is 25.3 Å². The molecule has 2 heteroatoms. The predicted octanol–water partition coefficient (Wildman–Crippen LogP) is 2.58. The molecule has 0 heterocycles. The normalized spacial score (nSPS) is 33.6. The molecule has 2 nitrogen and oxygen atoms in total. The zero-order valence-electron chi connectivity index (χ0n) is 10.1. The van der Waals surface area contributed by atoms with Crippen LogP contribution < -0.4 is 5.32 Å². The topological polar surface area (TPSA) is 21.3 Å². The Hall–Kier alpha value is -0.0800. The number of hydrogen-bond donors (Lipinski definition) is 1. The van der Waals surface area contributed by atoms with Crippen LogP contribution in [0.5, 0.6) is 0 Å². The summed E-state index contributed by atoms with van der Waals surface area (Å²) in [5.41, 5.74) is 0.112. The van der Waals surface area contributed by atoms with E-state index < -0.39 is 0 Å². The minimum Gasteiger partial charge on any atom is -0.371 e. The molecule has 0 aromatic carbocycles. The maximum atomic E-state index is 6.13. The van der Waals surface area contributed by atoms with Crippen molar-refractivity contribution in [1.82, 2.24) is 5.32 Å². The summed E-state index contributed by atoms with van der Waals surface area (Å²) in [7, 11) is 2.02. The third kappa shape index (κ3) is 3.25. The molecule has 1 aliphatic rings. The van der Waals surface area contributed by atoms with Gasteiger partial charge in [-0.2, -0.15) is 0 Å². The Labute approximate surface area is 88.4 Å². The summed E-state index contributed by atoms with van der Waals surface area (Å²) in [6.45, 7) is 7.61. The van der Waals surface area contributed by atoms with Gasteiger partial charge in [0.05, 0.1) is 11.7 Å². The van der Waals surface area contributed by atoms with E-state index in [0.717, 1.165) is 12.5 Å². The van der Waals surface area contributed by atoms with Gasteiger partial charge in [-0.1, -0.05) is 19.8 Å². The van der Waals surface area contributed by atoms with Crippen LogP contribution in [-0.2, 0) is 4.74 Å². The summed E-state index contributed by atoms with van der Waals surface area (Å²) in [5.74, 6) is 0.816. The molecular weight excluding hydrogens is 174 g/mol. The van der Waals surface area contributed by atoms with Crippen molar-refractivity contribution in [3.8, 4) is 0 Å². The summed E-state index contributed by atoms with van der Waals surface area (Å²) >= 11 is 0. The molecule has 0 amide bonds. The van der Waals surface area contributed by atoms with E-state index in [4.69, 9.17) is 4.74 Å². The molecule has 84 valence electrons. The van der Waals surface area contributed by atoms with E-state index in [-0.39, 0.29) is 5.60 Å². The van der Waals surface area contributed by atoms with Gasteiger partial charge in [-0.25, -0.2) is 0 Å². The first-order valence-corrected chi connectivity index (χ1v) is 5.90. The van der Waals surface area contributed by atoms with Gasteiger partial charge < -0.3 is 10.1 Å². The highest BCUT2D eigenvalue weighted by atomic mass is 16.5. The van der Waals surface area contributed by atoms with Gasteiger partial charge in [-0.05, 0) is 39.7 Å². The lowest BCUT2D eigenvalue weighted by Gasteiger charge is -2.41. The highest BCUT2D eigenvalue weighted by Crippen LogP contribution is 2.35. The van der Waals surface area contributed by atoms with Gasteiger partial charge in [0.25, 0.3) is 0 Å². The van der Waals surface area contributed by atoms with Crippen LogP contribution in [0.3, 0.4) is 0 Å². The fourth-order valence-corrected chi connectivity index (χ4v) is 2.74. The number of likely N-dealkylation sites (N-methyl/N-ethyl adjacent to an activating group) is 1. The van der Waals surface area contributed by atoms with Crippen molar-refractivity contribution < 1.29 is 4.74 Å². The first-order valence-electron chi connectivity index (χ1n) is 5.90. The first-order chi connectivity index (χ1) is 6.58. The zero-order valence-corrected chi connectivity index (χ0v) is 10.1. The number of rotatable bonds is 4. The SMILES string of the molecule is CNCC1(OC(C)C)CCCC(C)C1. The van der Waals surface area contributed by atoms with Crippen LogP contribution in [0.4, 0.5) is 0 Å². The van der Waals surface area contributed by atoms with Crippen LogP contribution in [0.25, 0.3) is 0 Å². The lowest BCUT2D eigenvalue weighted by molar-refractivity contribution is -0.107. The molecule has 0 aromatic heterocycles. The van der Waals surface area contributed by atoms with Crippen LogP contribution in [0.15, 0.2) is 0 Å². The van der Waals surface area contributed by atoms with E-state index in [1.54, 1.807) is 0 Å². The Balaban J connectivity index is 2.59. The van der Waals surface area contributed by atoms with Gasteiger partial charge in [-0.15, -0.1) is 0 Å². The first kappa shape index (κ1) is 12.0. The van der Waals surface area contributed by atoms with E-state index in [1.165, 1.54) is 25.7 Å². The average molecular weight is 199 g/mol. The molecular formula is C12H25NO. The molecule has 1 rings (SSSR count). The molecule has 1 saturated carbocycles. The van der Waals surface area contributed by atoms with Gasteiger partial charge in [-0.3, -0.25) is 0 Å². The summed E-state index contributed by atoms with van der Waals surface area (Å²) in [5, 5.41) is 3.28. The lowest BCUT2D eigenvalue weighted by Crippen LogP contribution is -2.47. The molecule has 14 heavy (non-hydrogen) atoms. The van der Waals surface area contributed by atoms with E-state index >= 15 is 0 Å². The zero-order chi connectivity index (χ0) is 10.6. The minimum absolute atomic E-state index is 0.112. The average Bonchev–Trinajstić information content (AvgIpc) is 2.02. The monoisotopic (exact) mass is 199 g/mol. The minimum atomic E-state index is 0.112. The Morgan fingerprint density at radius 2 is 2.21 bits per heavy atom. The second-order valence-corrected chi connectivity index (χ2v) is 5.08.